The molecule has 0 radical (unpaired) electrons. The Labute approximate surface area is 129 Å². The first-order chi connectivity index (χ1) is 10.0. The maximum atomic E-state index is 11.9. The molecule has 122 valence electrons. The molecule has 1 aliphatic heterocycles. The largest absolute Gasteiger partial charge is 0.368 e. The smallest absolute Gasteiger partial charge is 0.237 e. The van der Waals surface area contributed by atoms with Gasteiger partial charge in [0.1, 0.15) is 0 Å². The van der Waals surface area contributed by atoms with E-state index < -0.39 is 5.54 Å². The number of hydrogen-bond acceptors (Lipinski definition) is 4. The molecule has 0 aromatic rings. The minimum atomic E-state index is -0.476. The van der Waals surface area contributed by atoms with Crippen molar-refractivity contribution in [3.05, 3.63) is 0 Å². The Bertz CT molecular complexity index is 362. The molecular weight excluding hydrogens is 264 g/mol. The summed E-state index contributed by atoms with van der Waals surface area (Å²) in [5.74, 6) is -0.174. The summed E-state index contributed by atoms with van der Waals surface area (Å²) < 4.78 is 0. The van der Waals surface area contributed by atoms with Gasteiger partial charge in [-0.2, -0.15) is 0 Å². The van der Waals surface area contributed by atoms with E-state index in [9.17, 15) is 4.79 Å². The predicted molar refractivity (Wildman–Crippen MR) is 86.1 cm³/mol. The van der Waals surface area contributed by atoms with Gasteiger partial charge in [0.15, 0.2) is 0 Å². The molecule has 2 rings (SSSR count). The average molecular weight is 296 g/mol. The second-order valence-electron chi connectivity index (χ2n) is 6.79. The molecule has 1 heterocycles. The maximum absolute atomic E-state index is 11.9. The molecule has 0 aromatic heterocycles. The Morgan fingerprint density at radius 1 is 1.38 bits per heavy atom. The number of nitrogens with zero attached hydrogens (tertiary/aromatic N) is 2. The fourth-order valence-corrected chi connectivity index (χ4v) is 4.22. The highest BCUT2D eigenvalue weighted by Gasteiger charge is 2.46. The maximum Gasteiger partial charge on any atom is 0.237 e. The van der Waals surface area contributed by atoms with E-state index in [0.717, 1.165) is 38.9 Å². The summed E-state index contributed by atoms with van der Waals surface area (Å²) in [4.78, 5) is 17.0. The third kappa shape index (κ3) is 3.58. The molecular formula is C16H32N4O. The summed E-state index contributed by atoms with van der Waals surface area (Å²) in [5.41, 5.74) is 5.23. The molecule has 1 aliphatic carbocycles. The highest BCUT2D eigenvalue weighted by atomic mass is 16.1. The first-order valence-electron chi connectivity index (χ1n) is 8.51. The van der Waals surface area contributed by atoms with Crippen molar-refractivity contribution in [2.45, 2.75) is 63.6 Å². The molecule has 0 spiro atoms. The van der Waals surface area contributed by atoms with Crippen LogP contribution >= 0.6 is 0 Å². The Balaban J connectivity index is 2.09. The zero-order chi connectivity index (χ0) is 15.5. The number of hydrogen-bond donors (Lipinski definition) is 2. The van der Waals surface area contributed by atoms with Crippen molar-refractivity contribution in [2.75, 3.05) is 33.2 Å². The van der Waals surface area contributed by atoms with Gasteiger partial charge in [0, 0.05) is 18.6 Å². The van der Waals surface area contributed by atoms with E-state index in [4.69, 9.17) is 5.73 Å². The second kappa shape index (κ2) is 7.07. The Morgan fingerprint density at radius 3 is 2.76 bits per heavy atom. The zero-order valence-electron chi connectivity index (χ0n) is 13.9. The van der Waals surface area contributed by atoms with Crippen LogP contribution in [0.3, 0.4) is 0 Å². The third-order valence-corrected chi connectivity index (χ3v) is 5.36. The quantitative estimate of drug-likeness (QED) is 0.787. The topological polar surface area (TPSA) is 61.6 Å². The molecule has 3 atom stereocenters. The van der Waals surface area contributed by atoms with Crippen LogP contribution in [0.25, 0.3) is 0 Å². The van der Waals surface area contributed by atoms with Crippen molar-refractivity contribution in [3.8, 4) is 0 Å². The van der Waals surface area contributed by atoms with Crippen LogP contribution in [0.1, 0.15) is 46.0 Å². The van der Waals surface area contributed by atoms with Crippen LogP contribution in [-0.4, -0.2) is 66.6 Å². The molecule has 1 saturated heterocycles. The molecule has 5 heteroatoms. The molecule has 1 saturated carbocycles. The monoisotopic (exact) mass is 296 g/mol. The third-order valence-electron chi connectivity index (χ3n) is 5.36. The van der Waals surface area contributed by atoms with Crippen molar-refractivity contribution in [1.82, 2.24) is 15.1 Å². The lowest BCUT2D eigenvalue weighted by atomic mass is 9.95. The lowest BCUT2D eigenvalue weighted by Crippen LogP contribution is -2.55. The number of carbonyl (C=O) groups excluding carboxylic acids is 1. The summed E-state index contributed by atoms with van der Waals surface area (Å²) in [5, 5.41) is 3.37. The van der Waals surface area contributed by atoms with Gasteiger partial charge in [0.25, 0.3) is 0 Å². The summed E-state index contributed by atoms with van der Waals surface area (Å²) in [6.45, 7) is 8.58. The van der Waals surface area contributed by atoms with Crippen LogP contribution < -0.4 is 11.1 Å². The lowest BCUT2D eigenvalue weighted by molar-refractivity contribution is -0.124. The summed E-state index contributed by atoms with van der Waals surface area (Å²) in [6, 6.07) is 1.10. The zero-order valence-corrected chi connectivity index (χ0v) is 13.9. The van der Waals surface area contributed by atoms with Crippen molar-refractivity contribution in [2.24, 2.45) is 5.73 Å². The highest BCUT2D eigenvalue weighted by molar-refractivity contribution is 5.85. The summed E-state index contributed by atoms with van der Waals surface area (Å²) in [7, 11) is 2.22. The normalized spacial score (nSPS) is 35.8. The first kappa shape index (κ1) is 16.7. The lowest BCUT2D eigenvalue weighted by Gasteiger charge is -2.36. The van der Waals surface area contributed by atoms with E-state index in [-0.39, 0.29) is 5.91 Å². The molecule has 2 aliphatic rings. The molecule has 1 amide bonds. The number of amides is 1. The summed E-state index contributed by atoms with van der Waals surface area (Å²) >= 11 is 0. The average Bonchev–Trinajstić information content (AvgIpc) is 2.78. The van der Waals surface area contributed by atoms with Crippen LogP contribution in [0.4, 0.5) is 0 Å². The van der Waals surface area contributed by atoms with Gasteiger partial charge in [-0.3, -0.25) is 9.69 Å². The molecule has 21 heavy (non-hydrogen) atoms. The van der Waals surface area contributed by atoms with Gasteiger partial charge < -0.3 is 16.0 Å². The van der Waals surface area contributed by atoms with E-state index >= 15 is 0 Å². The first-order valence-corrected chi connectivity index (χ1v) is 8.51. The van der Waals surface area contributed by atoms with Gasteiger partial charge in [-0.25, -0.2) is 0 Å². The van der Waals surface area contributed by atoms with Gasteiger partial charge in [0.05, 0.1) is 5.54 Å². The molecule has 5 nitrogen and oxygen atoms in total. The van der Waals surface area contributed by atoms with Crippen molar-refractivity contribution in [1.29, 1.82) is 0 Å². The van der Waals surface area contributed by atoms with Crippen LogP contribution in [-0.2, 0) is 4.79 Å². The van der Waals surface area contributed by atoms with Crippen molar-refractivity contribution >= 4 is 5.91 Å². The molecule has 2 fully saturated rings. The Kier molecular flexibility index (Phi) is 5.63. The number of likely N-dealkylation sites (N-methyl/N-ethyl adjacent to an activating group) is 2. The molecule has 3 unspecified atom stereocenters. The Morgan fingerprint density at radius 2 is 2.14 bits per heavy atom. The van der Waals surface area contributed by atoms with E-state index in [1.54, 1.807) is 0 Å². The van der Waals surface area contributed by atoms with Gasteiger partial charge in [-0.15, -0.1) is 0 Å². The van der Waals surface area contributed by atoms with Gasteiger partial charge in [-0.1, -0.05) is 13.8 Å². The fourth-order valence-electron chi connectivity index (χ4n) is 4.22. The van der Waals surface area contributed by atoms with E-state index in [0.29, 0.717) is 12.1 Å². The minimum Gasteiger partial charge on any atom is -0.368 e. The highest BCUT2D eigenvalue weighted by Crippen LogP contribution is 2.35. The van der Waals surface area contributed by atoms with Gasteiger partial charge in [-0.05, 0) is 58.8 Å². The van der Waals surface area contributed by atoms with Gasteiger partial charge >= 0.3 is 0 Å². The van der Waals surface area contributed by atoms with E-state index in [1.165, 1.54) is 19.4 Å². The number of primary amides is 1. The second-order valence-corrected chi connectivity index (χ2v) is 6.79. The van der Waals surface area contributed by atoms with Crippen molar-refractivity contribution < 1.29 is 4.79 Å². The molecule has 3 N–H and O–H groups in total. The minimum absolute atomic E-state index is 0.174. The number of rotatable bonds is 5. The standard InChI is InChI=1S/C16H32N4O/c1-4-13-12-19(3)9-6-10-20(13)14-7-8-16(11-14,15(17)21)18-5-2/h13-14,18H,4-12H2,1-3H3,(H2,17,21). The van der Waals surface area contributed by atoms with Crippen LogP contribution in [0.15, 0.2) is 0 Å². The van der Waals surface area contributed by atoms with E-state index in [1.807, 2.05) is 6.92 Å². The number of nitrogens with one attached hydrogen (secondary N) is 1. The van der Waals surface area contributed by atoms with Crippen molar-refractivity contribution in [3.63, 3.8) is 0 Å². The van der Waals surface area contributed by atoms with Gasteiger partial charge in [0.2, 0.25) is 5.91 Å². The van der Waals surface area contributed by atoms with Crippen LogP contribution in [0.5, 0.6) is 0 Å². The Hall–Kier alpha value is -0.650. The SMILES string of the molecule is CCNC1(C(N)=O)CCC(N2CCCN(C)CC2CC)C1. The van der Waals surface area contributed by atoms with Crippen LogP contribution in [0, 0.1) is 0 Å². The van der Waals surface area contributed by atoms with Crippen LogP contribution in [0.2, 0.25) is 0 Å². The number of carbonyl (C=O) groups is 1. The molecule has 0 bridgehead atoms. The molecule has 0 aromatic carbocycles. The number of nitrogens with two attached hydrogens (primary N) is 1. The fraction of sp³-hybridized carbons (Fsp3) is 0.938. The summed E-state index contributed by atoms with van der Waals surface area (Å²) in [6.07, 6.45) is 5.22. The predicted octanol–water partition coefficient (Wildman–Crippen LogP) is 0.789. The van der Waals surface area contributed by atoms with E-state index in [2.05, 4.69) is 29.1 Å².